The molecule has 106 valence electrons. The summed E-state index contributed by atoms with van der Waals surface area (Å²) in [4.78, 5) is 7.22. The van der Waals surface area contributed by atoms with Crippen molar-refractivity contribution in [3.8, 4) is 0 Å². The highest BCUT2D eigenvalue weighted by atomic mass is 16.3. The lowest BCUT2D eigenvalue weighted by molar-refractivity contribution is 0.138. The van der Waals surface area contributed by atoms with Gasteiger partial charge < -0.3 is 14.6 Å². The van der Waals surface area contributed by atoms with Crippen LogP contribution in [-0.2, 0) is 19.4 Å². The van der Waals surface area contributed by atoms with Crippen molar-refractivity contribution in [2.24, 2.45) is 0 Å². The van der Waals surface area contributed by atoms with Gasteiger partial charge in [-0.1, -0.05) is 13.3 Å². The van der Waals surface area contributed by atoms with Gasteiger partial charge in [0.1, 0.15) is 5.82 Å². The third-order valence-electron chi connectivity index (χ3n) is 4.73. The first-order valence-electron chi connectivity index (χ1n) is 7.73. The highest BCUT2D eigenvalue weighted by molar-refractivity contribution is 5.10. The van der Waals surface area contributed by atoms with E-state index in [0.717, 1.165) is 32.4 Å². The molecule has 1 N–H and O–H groups in total. The normalized spacial score (nSPS) is 28.3. The molecule has 0 aliphatic carbocycles. The maximum atomic E-state index is 9.72. The molecule has 1 saturated heterocycles. The summed E-state index contributed by atoms with van der Waals surface area (Å²) >= 11 is 0. The Morgan fingerprint density at radius 1 is 1.32 bits per heavy atom. The first-order chi connectivity index (χ1) is 9.28. The van der Waals surface area contributed by atoms with Gasteiger partial charge in [-0.3, -0.25) is 0 Å². The average molecular weight is 263 g/mol. The Morgan fingerprint density at radius 3 is 3.05 bits per heavy atom. The van der Waals surface area contributed by atoms with Gasteiger partial charge in [0.15, 0.2) is 0 Å². The van der Waals surface area contributed by atoms with Gasteiger partial charge in [-0.25, -0.2) is 4.98 Å². The molecule has 1 fully saturated rings. The quantitative estimate of drug-likeness (QED) is 0.901. The second-order valence-corrected chi connectivity index (χ2v) is 5.95. The van der Waals surface area contributed by atoms with Gasteiger partial charge in [-0.2, -0.15) is 0 Å². The number of likely N-dealkylation sites (N-methyl/N-ethyl adjacent to an activating group) is 1. The molecule has 19 heavy (non-hydrogen) atoms. The number of fused-ring (bicyclic) bond motifs is 1. The molecule has 0 bridgehead atoms. The minimum Gasteiger partial charge on any atom is -0.393 e. The lowest BCUT2D eigenvalue weighted by atomic mass is 9.99. The fourth-order valence-corrected chi connectivity index (χ4v) is 3.59. The van der Waals surface area contributed by atoms with Crippen LogP contribution in [0.4, 0.5) is 0 Å². The first-order valence-corrected chi connectivity index (χ1v) is 7.73. The van der Waals surface area contributed by atoms with Gasteiger partial charge in [-0.05, 0) is 32.4 Å². The number of piperidine rings is 1. The molecule has 0 spiro atoms. The van der Waals surface area contributed by atoms with E-state index in [4.69, 9.17) is 0 Å². The fraction of sp³-hybridized carbons (Fsp3) is 0.800. The van der Waals surface area contributed by atoms with Crippen LogP contribution in [0.1, 0.15) is 44.1 Å². The Balaban J connectivity index is 1.73. The molecule has 0 radical (unpaired) electrons. The zero-order valence-corrected chi connectivity index (χ0v) is 11.9. The predicted molar refractivity (Wildman–Crippen MR) is 75.1 cm³/mol. The molecule has 2 aliphatic rings. The van der Waals surface area contributed by atoms with Crippen LogP contribution in [0.5, 0.6) is 0 Å². The van der Waals surface area contributed by atoms with Crippen molar-refractivity contribution in [3.05, 3.63) is 17.7 Å². The smallest absolute Gasteiger partial charge is 0.110 e. The van der Waals surface area contributed by atoms with Crippen molar-refractivity contribution < 1.29 is 5.11 Å². The Bertz CT molecular complexity index is 429. The van der Waals surface area contributed by atoms with Gasteiger partial charge in [0, 0.05) is 37.3 Å². The van der Waals surface area contributed by atoms with Crippen LogP contribution in [0, 0.1) is 0 Å². The summed E-state index contributed by atoms with van der Waals surface area (Å²) in [5.41, 5.74) is 1.22. The molecule has 0 saturated carbocycles. The highest BCUT2D eigenvalue weighted by Crippen LogP contribution is 2.23. The van der Waals surface area contributed by atoms with Crippen LogP contribution < -0.4 is 0 Å². The van der Waals surface area contributed by atoms with E-state index in [1.807, 2.05) is 6.20 Å². The molecule has 2 unspecified atom stereocenters. The molecule has 1 aromatic heterocycles. The monoisotopic (exact) mass is 263 g/mol. The number of likely N-dealkylation sites (tertiary alicyclic amines) is 1. The lowest BCUT2D eigenvalue weighted by Gasteiger charge is -2.35. The van der Waals surface area contributed by atoms with Crippen molar-refractivity contribution in [2.45, 2.75) is 64.1 Å². The first kappa shape index (κ1) is 13.1. The summed E-state index contributed by atoms with van der Waals surface area (Å²) in [6, 6.07) is 0.664. The predicted octanol–water partition coefficient (Wildman–Crippen LogP) is 1.61. The highest BCUT2D eigenvalue weighted by Gasteiger charge is 2.25. The van der Waals surface area contributed by atoms with Gasteiger partial charge in [0.05, 0.1) is 6.10 Å². The summed E-state index contributed by atoms with van der Waals surface area (Å²) in [6.07, 6.45) is 8.52. The molecule has 2 aliphatic heterocycles. The lowest BCUT2D eigenvalue weighted by Crippen LogP contribution is -2.41. The van der Waals surface area contributed by atoms with E-state index < -0.39 is 0 Å². The van der Waals surface area contributed by atoms with E-state index >= 15 is 0 Å². The van der Waals surface area contributed by atoms with Gasteiger partial charge in [0.2, 0.25) is 0 Å². The van der Waals surface area contributed by atoms with E-state index in [9.17, 15) is 5.11 Å². The maximum Gasteiger partial charge on any atom is 0.110 e. The second kappa shape index (κ2) is 5.63. The van der Waals surface area contributed by atoms with Crippen LogP contribution in [-0.4, -0.2) is 44.8 Å². The number of aromatic nitrogens is 2. The largest absolute Gasteiger partial charge is 0.393 e. The minimum absolute atomic E-state index is 0.168. The van der Waals surface area contributed by atoms with Crippen molar-refractivity contribution in [3.63, 3.8) is 0 Å². The Morgan fingerprint density at radius 2 is 2.21 bits per heavy atom. The number of aliphatic hydroxyl groups is 1. The molecular formula is C15H25N3O. The topological polar surface area (TPSA) is 41.3 Å². The number of aliphatic hydroxyl groups excluding tert-OH is 1. The molecule has 4 nitrogen and oxygen atoms in total. The van der Waals surface area contributed by atoms with Gasteiger partial charge in [0.25, 0.3) is 0 Å². The molecule has 2 atom stereocenters. The summed E-state index contributed by atoms with van der Waals surface area (Å²) < 4.78 is 2.34. The second-order valence-electron chi connectivity index (χ2n) is 5.95. The average Bonchev–Trinajstić information content (AvgIpc) is 2.82. The Kier molecular flexibility index (Phi) is 3.89. The number of nitrogens with zero attached hydrogens (tertiary/aromatic N) is 3. The SMILES string of the molecule is CCN1CCCCC1Cc1ncc2n1CCC(O)C2. The van der Waals surface area contributed by atoms with Crippen LogP contribution in [0.2, 0.25) is 0 Å². The standard InChI is InChI=1S/C15H25N3O/c1-2-17-7-4-3-5-12(17)10-15-16-11-13-9-14(19)6-8-18(13)15/h11-12,14,19H,2-10H2,1H3. The number of rotatable bonds is 3. The van der Waals surface area contributed by atoms with Crippen molar-refractivity contribution in [2.75, 3.05) is 13.1 Å². The number of hydrogen-bond donors (Lipinski definition) is 1. The van der Waals surface area contributed by atoms with Crippen LogP contribution in [0.15, 0.2) is 6.20 Å². The molecule has 3 heterocycles. The molecule has 0 aromatic carbocycles. The zero-order chi connectivity index (χ0) is 13.2. The van der Waals surface area contributed by atoms with Gasteiger partial charge in [-0.15, -0.1) is 0 Å². The number of hydrogen-bond acceptors (Lipinski definition) is 3. The molecule has 0 amide bonds. The summed E-state index contributed by atoms with van der Waals surface area (Å²) in [5.74, 6) is 1.23. The van der Waals surface area contributed by atoms with Crippen LogP contribution in [0.3, 0.4) is 0 Å². The van der Waals surface area contributed by atoms with Crippen LogP contribution >= 0.6 is 0 Å². The van der Waals surface area contributed by atoms with Crippen molar-refractivity contribution in [1.82, 2.24) is 14.5 Å². The van der Waals surface area contributed by atoms with E-state index in [1.54, 1.807) is 0 Å². The fourth-order valence-electron chi connectivity index (χ4n) is 3.59. The van der Waals surface area contributed by atoms with E-state index in [0.29, 0.717) is 6.04 Å². The zero-order valence-electron chi connectivity index (χ0n) is 11.9. The third-order valence-corrected chi connectivity index (χ3v) is 4.73. The third kappa shape index (κ3) is 2.70. The maximum absolute atomic E-state index is 9.72. The molecule has 4 heteroatoms. The number of imidazole rings is 1. The van der Waals surface area contributed by atoms with E-state index in [1.165, 1.54) is 37.3 Å². The summed E-state index contributed by atoms with van der Waals surface area (Å²) in [6.45, 7) is 5.59. The van der Waals surface area contributed by atoms with Gasteiger partial charge >= 0.3 is 0 Å². The Hall–Kier alpha value is -0.870. The summed E-state index contributed by atoms with van der Waals surface area (Å²) in [7, 11) is 0. The van der Waals surface area contributed by atoms with E-state index in [2.05, 4.69) is 21.4 Å². The molecule has 3 rings (SSSR count). The minimum atomic E-state index is -0.168. The van der Waals surface area contributed by atoms with Crippen LogP contribution in [0.25, 0.3) is 0 Å². The van der Waals surface area contributed by atoms with E-state index in [-0.39, 0.29) is 6.10 Å². The molecular weight excluding hydrogens is 238 g/mol. The summed E-state index contributed by atoms with van der Waals surface area (Å²) in [5, 5.41) is 9.72. The Labute approximate surface area is 115 Å². The van der Waals surface area contributed by atoms with Crippen molar-refractivity contribution in [1.29, 1.82) is 0 Å². The molecule has 1 aromatic rings. The van der Waals surface area contributed by atoms with Crippen molar-refractivity contribution >= 4 is 0 Å².